The summed E-state index contributed by atoms with van der Waals surface area (Å²) >= 11 is 1.33. The minimum atomic E-state index is -0.297. The number of nitrogens with one attached hydrogen (secondary N) is 1. The average molecular weight is 339 g/mol. The van der Waals surface area contributed by atoms with Gasteiger partial charge in [0.2, 0.25) is 5.13 Å². The Hall–Kier alpha value is -2.57. The molecule has 0 saturated carbocycles. The first-order valence-corrected chi connectivity index (χ1v) is 8.35. The molecule has 1 N–H and O–H groups in total. The third-order valence-corrected chi connectivity index (χ3v) is 4.11. The molecule has 5 nitrogen and oxygen atoms in total. The van der Waals surface area contributed by atoms with Crippen LogP contribution in [0.2, 0.25) is 0 Å². The third kappa shape index (κ3) is 4.24. The second kappa shape index (κ2) is 7.81. The molecule has 122 valence electrons. The number of aromatic nitrogens is 2. The summed E-state index contributed by atoms with van der Waals surface area (Å²) in [6, 6.07) is 19.7. The van der Waals surface area contributed by atoms with E-state index in [1.807, 2.05) is 67.6 Å². The monoisotopic (exact) mass is 339 g/mol. The van der Waals surface area contributed by atoms with Crippen LogP contribution in [-0.2, 0) is 9.53 Å². The van der Waals surface area contributed by atoms with Crippen LogP contribution in [0.15, 0.2) is 60.7 Å². The van der Waals surface area contributed by atoms with Crippen LogP contribution in [0.25, 0.3) is 0 Å². The van der Waals surface area contributed by atoms with Gasteiger partial charge in [0.25, 0.3) is 5.91 Å². The number of anilines is 1. The van der Waals surface area contributed by atoms with Crippen molar-refractivity contribution in [2.24, 2.45) is 0 Å². The van der Waals surface area contributed by atoms with Crippen molar-refractivity contribution >= 4 is 22.4 Å². The zero-order valence-corrected chi connectivity index (χ0v) is 14.0. The predicted molar refractivity (Wildman–Crippen MR) is 94.0 cm³/mol. The Morgan fingerprint density at radius 3 is 2.12 bits per heavy atom. The van der Waals surface area contributed by atoms with Gasteiger partial charge in [0.15, 0.2) is 0 Å². The Balaban J connectivity index is 1.69. The van der Waals surface area contributed by atoms with Gasteiger partial charge in [-0.2, -0.15) is 0 Å². The second-order valence-corrected chi connectivity index (χ2v) is 6.37. The summed E-state index contributed by atoms with van der Waals surface area (Å²) < 4.78 is 5.90. The largest absolute Gasteiger partial charge is 0.359 e. The highest BCUT2D eigenvalue weighted by Gasteiger charge is 2.16. The molecule has 1 aromatic heterocycles. The number of hydrogen-bond acceptors (Lipinski definition) is 5. The minimum Gasteiger partial charge on any atom is -0.359 e. The summed E-state index contributed by atoms with van der Waals surface area (Å²) in [5, 5.41) is 11.7. The van der Waals surface area contributed by atoms with E-state index >= 15 is 0 Å². The number of hydrogen-bond donors (Lipinski definition) is 1. The number of rotatable bonds is 6. The Morgan fingerprint density at radius 1 is 1.04 bits per heavy atom. The first-order valence-electron chi connectivity index (χ1n) is 7.54. The van der Waals surface area contributed by atoms with E-state index in [0.717, 1.165) is 16.1 Å². The molecule has 0 aliphatic heterocycles. The van der Waals surface area contributed by atoms with Crippen molar-refractivity contribution in [3.05, 3.63) is 76.8 Å². The molecule has 0 unspecified atom stereocenters. The van der Waals surface area contributed by atoms with Crippen LogP contribution in [0.1, 0.15) is 22.2 Å². The average Bonchev–Trinajstić information content (AvgIpc) is 3.02. The number of nitrogens with zero attached hydrogens (tertiary/aromatic N) is 2. The molecule has 3 rings (SSSR count). The number of carbonyl (C=O) groups excluding carboxylic acids is 1. The van der Waals surface area contributed by atoms with Gasteiger partial charge in [0.1, 0.15) is 17.7 Å². The van der Waals surface area contributed by atoms with Gasteiger partial charge in [-0.3, -0.25) is 10.1 Å². The van der Waals surface area contributed by atoms with Crippen LogP contribution >= 0.6 is 11.3 Å². The summed E-state index contributed by atoms with van der Waals surface area (Å²) in [5.41, 5.74) is 2.01. The van der Waals surface area contributed by atoms with Crippen LogP contribution in [0, 0.1) is 6.92 Å². The maximum Gasteiger partial charge on any atom is 0.252 e. The molecule has 1 heterocycles. The molecule has 2 aromatic carbocycles. The highest BCUT2D eigenvalue weighted by molar-refractivity contribution is 7.15. The first-order chi connectivity index (χ1) is 11.7. The topological polar surface area (TPSA) is 64.1 Å². The van der Waals surface area contributed by atoms with Crippen molar-refractivity contribution in [1.82, 2.24) is 10.2 Å². The van der Waals surface area contributed by atoms with Crippen molar-refractivity contribution in [2.75, 3.05) is 11.9 Å². The number of benzene rings is 2. The Kier molecular flexibility index (Phi) is 5.30. The van der Waals surface area contributed by atoms with E-state index in [1.54, 1.807) is 0 Å². The predicted octanol–water partition coefficient (Wildman–Crippen LogP) is 3.59. The highest BCUT2D eigenvalue weighted by Crippen LogP contribution is 2.25. The van der Waals surface area contributed by atoms with Crippen molar-refractivity contribution in [1.29, 1.82) is 0 Å². The minimum absolute atomic E-state index is 0.0624. The van der Waals surface area contributed by atoms with Crippen LogP contribution in [0.4, 0.5) is 5.13 Å². The standard InChI is InChI=1S/C18H17N3O2S/c1-13-20-21-18(24-13)19-16(22)12-23-17(14-8-4-2-5-9-14)15-10-6-3-7-11-15/h2-11,17H,12H2,1H3,(H,19,21,22). The fourth-order valence-electron chi connectivity index (χ4n) is 2.30. The Bertz CT molecular complexity index is 751. The Labute approximate surface area is 144 Å². The van der Waals surface area contributed by atoms with Gasteiger partial charge in [-0.1, -0.05) is 72.0 Å². The molecular weight excluding hydrogens is 322 g/mol. The van der Waals surface area contributed by atoms with E-state index in [-0.39, 0.29) is 18.6 Å². The fraction of sp³-hybridized carbons (Fsp3) is 0.167. The van der Waals surface area contributed by atoms with Crippen LogP contribution in [0.5, 0.6) is 0 Å². The molecule has 0 spiro atoms. The number of ether oxygens (including phenoxy) is 1. The third-order valence-electron chi connectivity index (χ3n) is 3.36. The smallest absolute Gasteiger partial charge is 0.252 e. The molecule has 0 radical (unpaired) electrons. The summed E-state index contributed by atoms with van der Waals surface area (Å²) in [7, 11) is 0. The van der Waals surface area contributed by atoms with E-state index in [2.05, 4.69) is 15.5 Å². The number of carbonyl (C=O) groups is 1. The molecule has 0 fully saturated rings. The summed E-state index contributed by atoms with van der Waals surface area (Å²) in [5.74, 6) is -0.247. The van der Waals surface area contributed by atoms with Gasteiger partial charge >= 0.3 is 0 Å². The molecule has 3 aromatic rings. The van der Waals surface area contributed by atoms with Gasteiger partial charge in [-0.15, -0.1) is 10.2 Å². The zero-order chi connectivity index (χ0) is 16.8. The molecule has 1 amide bonds. The van der Waals surface area contributed by atoms with Gasteiger partial charge in [-0.05, 0) is 18.1 Å². The molecule has 0 aliphatic rings. The maximum absolute atomic E-state index is 12.1. The van der Waals surface area contributed by atoms with Crippen LogP contribution < -0.4 is 5.32 Å². The van der Waals surface area contributed by atoms with E-state index in [1.165, 1.54) is 11.3 Å². The Morgan fingerprint density at radius 2 is 1.62 bits per heavy atom. The van der Waals surface area contributed by atoms with Gasteiger partial charge in [0, 0.05) is 0 Å². The summed E-state index contributed by atoms with van der Waals surface area (Å²) in [6.07, 6.45) is -0.297. The van der Waals surface area contributed by atoms with Gasteiger partial charge in [-0.25, -0.2) is 0 Å². The van der Waals surface area contributed by atoms with Crippen molar-refractivity contribution in [2.45, 2.75) is 13.0 Å². The quantitative estimate of drug-likeness (QED) is 0.745. The number of amides is 1. The lowest BCUT2D eigenvalue weighted by Crippen LogP contribution is -2.20. The fourth-order valence-corrected chi connectivity index (χ4v) is 2.91. The molecule has 0 atom stereocenters. The lowest BCUT2D eigenvalue weighted by atomic mass is 10.0. The number of aryl methyl sites for hydroxylation is 1. The van der Waals surface area contributed by atoms with E-state index in [0.29, 0.717) is 5.13 Å². The maximum atomic E-state index is 12.1. The normalized spacial score (nSPS) is 10.8. The van der Waals surface area contributed by atoms with E-state index < -0.39 is 0 Å². The SMILES string of the molecule is Cc1nnc(NC(=O)COC(c2ccccc2)c2ccccc2)s1. The molecule has 0 saturated heterocycles. The first kappa shape index (κ1) is 16.3. The molecule has 0 bridgehead atoms. The second-order valence-electron chi connectivity index (χ2n) is 5.19. The van der Waals surface area contributed by atoms with Crippen molar-refractivity contribution in [3.8, 4) is 0 Å². The van der Waals surface area contributed by atoms with Crippen LogP contribution in [-0.4, -0.2) is 22.7 Å². The summed E-state index contributed by atoms with van der Waals surface area (Å²) in [6.45, 7) is 1.78. The molecule has 6 heteroatoms. The van der Waals surface area contributed by atoms with Gasteiger partial charge < -0.3 is 4.74 Å². The zero-order valence-electron chi connectivity index (χ0n) is 13.2. The van der Waals surface area contributed by atoms with E-state index in [4.69, 9.17) is 4.74 Å². The molecular formula is C18H17N3O2S. The lowest BCUT2D eigenvalue weighted by molar-refractivity contribution is -0.121. The molecule has 24 heavy (non-hydrogen) atoms. The summed E-state index contributed by atoms with van der Waals surface area (Å²) in [4.78, 5) is 12.1. The lowest BCUT2D eigenvalue weighted by Gasteiger charge is -2.18. The van der Waals surface area contributed by atoms with Crippen molar-refractivity contribution in [3.63, 3.8) is 0 Å². The van der Waals surface area contributed by atoms with Crippen LogP contribution in [0.3, 0.4) is 0 Å². The van der Waals surface area contributed by atoms with Crippen molar-refractivity contribution < 1.29 is 9.53 Å². The van der Waals surface area contributed by atoms with Gasteiger partial charge in [0.05, 0.1) is 0 Å². The highest BCUT2D eigenvalue weighted by atomic mass is 32.1. The molecule has 0 aliphatic carbocycles. The van der Waals surface area contributed by atoms with E-state index in [9.17, 15) is 4.79 Å².